The average Bonchev–Trinajstić information content (AvgIpc) is 3.68. The molecule has 11 rings (SSSR count). The monoisotopic (exact) mass is 655 g/mol. The molecular weight excluding hydrogens is 617 g/mol. The van der Waals surface area contributed by atoms with Crippen LogP contribution in [-0.4, -0.2) is 0 Å². The Kier molecular flexibility index (Phi) is 4.43. The fraction of sp³-hybridized carbons (Fsp3) is 0. The minimum atomic E-state index is -0.532. The molecule has 0 aliphatic rings. The number of fused-ring (bicyclic) bond motifs is 8. The molecule has 0 bridgehead atoms. The van der Waals surface area contributed by atoms with E-state index in [0.717, 1.165) is 60.0 Å². The predicted molar refractivity (Wildman–Crippen MR) is 218 cm³/mol. The first-order valence-corrected chi connectivity index (χ1v) is 16.9. The van der Waals surface area contributed by atoms with Gasteiger partial charge in [0.15, 0.2) is 0 Å². The Morgan fingerprint density at radius 3 is 1.73 bits per heavy atom. The van der Waals surface area contributed by atoms with E-state index in [4.69, 9.17) is 14.0 Å². The second-order valence-electron chi connectivity index (χ2n) is 12.9. The van der Waals surface area contributed by atoms with Crippen LogP contribution in [0.1, 0.15) is 12.3 Å². The molecule has 0 spiro atoms. The largest absolute Gasteiger partial charge is 0.456 e. The quantitative estimate of drug-likeness (QED) is 0.173. The summed E-state index contributed by atoms with van der Waals surface area (Å²) in [5.41, 5.74) is 4.80. The molecule has 1 heteroatoms. The Balaban J connectivity index is 1.24. The van der Waals surface area contributed by atoms with Crippen LogP contribution in [0, 0.1) is 0 Å². The smallest absolute Gasteiger partial charge is 0.136 e. The van der Waals surface area contributed by atoms with Gasteiger partial charge < -0.3 is 4.42 Å². The van der Waals surface area contributed by atoms with Crippen molar-refractivity contribution >= 4 is 75.8 Å². The summed E-state index contributed by atoms with van der Waals surface area (Å²) < 4.78 is 85.9. The lowest BCUT2D eigenvalue weighted by Gasteiger charge is -2.19. The molecule has 236 valence electrons. The molecule has 0 aliphatic carbocycles. The molecular formula is C50H30O. The maximum atomic E-state index is 9.41. The Bertz CT molecular complexity index is 3660. The van der Waals surface area contributed by atoms with Crippen LogP contribution in [0.2, 0.25) is 0 Å². The van der Waals surface area contributed by atoms with E-state index in [2.05, 4.69) is 91.0 Å². The second-order valence-corrected chi connectivity index (χ2v) is 12.9. The molecule has 0 unspecified atom stereocenters. The van der Waals surface area contributed by atoms with Gasteiger partial charge in [0.2, 0.25) is 0 Å². The van der Waals surface area contributed by atoms with Crippen LogP contribution in [-0.2, 0) is 0 Å². The van der Waals surface area contributed by atoms with Gasteiger partial charge in [-0.15, -0.1) is 0 Å². The van der Waals surface area contributed by atoms with Crippen molar-refractivity contribution in [1.29, 1.82) is 0 Å². The molecule has 1 aromatic heterocycles. The Labute approximate surface area is 307 Å². The lowest BCUT2D eigenvalue weighted by atomic mass is 9.83. The van der Waals surface area contributed by atoms with E-state index in [1.807, 2.05) is 36.4 Å². The summed E-state index contributed by atoms with van der Waals surface area (Å²) in [5.74, 6) is 0. The lowest BCUT2D eigenvalue weighted by molar-refractivity contribution is 0.669. The van der Waals surface area contributed by atoms with E-state index in [1.165, 1.54) is 5.39 Å². The standard InChI is InChI=1S/C50H30O/c1-2-13-32-28-35(27-26-31(32)12-1)48-41-16-5-7-18-43(41)49(44-19-8-6-17-42(44)48)39-23-10-20-36-37(39)21-9-22-38(36)40-24-11-25-46-50(40)45-29-33-14-3-4-15-34(33)30-47(45)51-46/h1-30H/i3D,4D,11D,14D,15D,24D,25D,29D,30D. The first-order chi connectivity index (χ1) is 29.1. The zero-order valence-electron chi connectivity index (χ0n) is 36.0. The van der Waals surface area contributed by atoms with Crippen LogP contribution in [0.25, 0.3) is 109 Å². The van der Waals surface area contributed by atoms with E-state index in [0.29, 0.717) is 5.56 Å². The van der Waals surface area contributed by atoms with E-state index in [9.17, 15) is 2.74 Å². The van der Waals surface area contributed by atoms with Crippen molar-refractivity contribution in [3.63, 3.8) is 0 Å². The van der Waals surface area contributed by atoms with Crippen molar-refractivity contribution in [2.24, 2.45) is 0 Å². The van der Waals surface area contributed by atoms with Crippen molar-refractivity contribution in [3.8, 4) is 33.4 Å². The van der Waals surface area contributed by atoms with Gasteiger partial charge in [-0.2, -0.15) is 0 Å². The zero-order valence-corrected chi connectivity index (χ0v) is 27.0. The topological polar surface area (TPSA) is 13.1 Å². The lowest BCUT2D eigenvalue weighted by Crippen LogP contribution is -1.92. The molecule has 0 amide bonds. The summed E-state index contributed by atoms with van der Waals surface area (Å²) in [4.78, 5) is 0. The third-order valence-electron chi connectivity index (χ3n) is 10.1. The maximum Gasteiger partial charge on any atom is 0.136 e. The molecule has 10 aromatic carbocycles. The predicted octanol–water partition coefficient (Wildman–Crippen LogP) is 14.4. The number of rotatable bonds is 3. The van der Waals surface area contributed by atoms with Gasteiger partial charge >= 0.3 is 0 Å². The van der Waals surface area contributed by atoms with Crippen LogP contribution in [0.15, 0.2) is 186 Å². The van der Waals surface area contributed by atoms with Gasteiger partial charge in [0.05, 0.1) is 12.3 Å². The van der Waals surface area contributed by atoms with Crippen LogP contribution in [0.4, 0.5) is 0 Å². The van der Waals surface area contributed by atoms with Crippen LogP contribution < -0.4 is 0 Å². The fourth-order valence-electron chi connectivity index (χ4n) is 7.94. The summed E-state index contributed by atoms with van der Waals surface area (Å²) >= 11 is 0. The highest BCUT2D eigenvalue weighted by Crippen LogP contribution is 2.47. The van der Waals surface area contributed by atoms with E-state index in [-0.39, 0.29) is 62.4 Å². The van der Waals surface area contributed by atoms with Crippen molar-refractivity contribution in [2.45, 2.75) is 0 Å². The summed E-state index contributed by atoms with van der Waals surface area (Å²) in [7, 11) is 0. The van der Waals surface area contributed by atoms with Gasteiger partial charge in [0.25, 0.3) is 0 Å². The summed E-state index contributed by atoms with van der Waals surface area (Å²) in [5, 5.41) is 8.19. The molecule has 0 N–H and O–H groups in total. The molecule has 0 atom stereocenters. The number of benzene rings is 10. The van der Waals surface area contributed by atoms with Gasteiger partial charge in [-0.1, -0.05) is 158 Å². The summed E-state index contributed by atoms with van der Waals surface area (Å²) in [6.07, 6.45) is 0. The molecule has 0 saturated heterocycles. The number of furan rings is 1. The van der Waals surface area contributed by atoms with Gasteiger partial charge in [0, 0.05) is 10.8 Å². The van der Waals surface area contributed by atoms with Gasteiger partial charge in [-0.3, -0.25) is 0 Å². The highest BCUT2D eigenvalue weighted by Gasteiger charge is 2.20. The van der Waals surface area contributed by atoms with Gasteiger partial charge in [-0.05, 0) is 111 Å². The molecule has 0 aliphatic heterocycles. The van der Waals surface area contributed by atoms with Crippen LogP contribution in [0.3, 0.4) is 0 Å². The number of hydrogen-bond acceptors (Lipinski definition) is 1. The summed E-state index contributed by atoms with van der Waals surface area (Å²) in [6, 6.07) is 39.9. The van der Waals surface area contributed by atoms with E-state index < -0.39 is 30.2 Å². The third kappa shape index (κ3) is 4.22. The van der Waals surface area contributed by atoms with Gasteiger partial charge in [-0.25, -0.2) is 0 Å². The molecule has 1 heterocycles. The van der Waals surface area contributed by atoms with Crippen molar-refractivity contribution < 1.29 is 16.8 Å². The van der Waals surface area contributed by atoms with E-state index >= 15 is 0 Å². The maximum absolute atomic E-state index is 9.41. The zero-order chi connectivity index (χ0) is 41.3. The molecule has 0 radical (unpaired) electrons. The minimum Gasteiger partial charge on any atom is -0.456 e. The Morgan fingerprint density at radius 2 is 0.980 bits per heavy atom. The first kappa shape index (κ1) is 20.7. The highest BCUT2D eigenvalue weighted by molar-refractivity contribution is 6.25. The SMILES string of the molecule is [2H]c1c([2H])c(-c2cccc3c(-c4c5ccccc5c(-c5ccc6ccccc6c5)c5ccccc45)cccc23)c2c(oc3c([2H])c4c([2H])c([2H])c([2H])c([2H])c4c([2H])c32)c1[2H]. The van der Waals surface area contributed by atoms with Crippen molar-refractivity contribution in [2.75, 3.05) is 0 Å². The highest BCUT2D eigenvalue weighted by atomic mass is 16.3. The van der Waals surface area contributed by atoms with Crippen LogP contribution >= 0.6 is 0 Å². The Hall–Kier alpha value is -6.70. The number of hydrogen-bond donors (Lipinski definition) is 0. The van der Waals surface area contributed by atoms with E-state index in [1.54, 1.807) is 0 Å². The van der Waals surface area contributed by atoms with Crippen molar-refractivity contribution in [1.82, 2.24) is 0 Å². The first-order valence-electron chi connectivity index (χ1n) is 21.4. The molecule has 1 nitrogen and oxygen atoms in total. The van der Waals surface area contributed by atoms with Crippen LogP contribution in [0.5, 0.6) is 0 Å². The van der Waals surface area contributed by atoms with Crippen molar-refractivity contribution in [3.05, 3.63) is 182 Å². The normalized spacial score (nSPS) is 14.4. The Morgan fingerprint density at radius 1 is 0.373 bits per heavy atom. The second kappa shape index (κ2) is 10.9. The molecule has 11 aromatic rings. The molecule has 0 fully saturated rings. The fourth-order valence-corrected chi connectivity index (χ4v) is 7.94. The minimum absolute atomic E-state index is 0.0546. The molecule has 51 heavy (non-hydrogen) atoms. The third-order valence-corrected chi connectivity index (χ3v) is 10.1. The average molecular weight is 656 g/mol. The summed E-state index contributed by atoms with van der Waals surface area (Å²) in [6.45, 7) is 0. The molecule has 0 saturated carbocycles. The van der Waals surface area contributed by atoms with Gasteiger partial charge in [0.1, 0.15) is 11.2 Å².